The van der Waals surface area contributed by atoms with Crippen molar-refractivity contribution in [1.82, 2.24) is 14.5 Å². The maximum atomic E-state index is 13.2. The molecule has 2 aromatic heterocycles. The molecule has 0 aliphatic carbocycles. The smallest absolute Gasteiger partial charge is 0.326 e. The van der Waals surface area contributed by atoms with Crippen molar-refractivity contribution in [2.24, 2.45) is 0 Å². The lowest BCUT2D eigenvalue weighted by atomic mass is 10.2. The lowest BCUT2D eigenvalue weighted by Crippen LogP contribution is -2.33. The highest BCUT2D eigenvalue weighted by Crippen LogP contribution is 2.26. The van der Waals surface area contributed by atoms with Gasteiger partial charge < -0.3 is 9.47 Å². The topological polar surface area (TPSA) is 73.7 Å². The molecule has 27 heavy (non-hydrogen) atoms. The van der Waals surface area contributed by atoms with E-state index in [1.54, 1.807) is 14.0 Å². The highest BCUT2D eigenvalue weighted by Gasteiger charge is 2.22. The van der Waals surface area contributed by atoms with Gasteiger partial charge in [0.1, 0.15) is 23.3 Å². The Morgan fingerprint density at radius 1 is 1.30 bits per heavy atom. The number of aromatic nitrogens is 2. The van der Waals surface area contributed by atoms with Gasteiger partial charge in [0, 0.05) is 12.0 Å². The highest BCUT2D eigenvalue weighted by atomic mass is 32.1. The summed E-state index contributed by atoms with van der Waals surface area (Å²) in [4.78, 5) is 34.4. The monoisotopic (exact) mass is 393 g/mol. The molecular formula is C19H27N3O4S. The number of rotatable bonds is 7. The van der Waals surface area contributed by atoms with Crippen LogP contribution in [0.5, 0.6) is 0 Å². The summed E-state index contributed by atoms with van der Waals surface area (Å²) < 4.78 is 11.9. The maximum absolute atomic E-state index is 13.2. The van der Waals surface area contributed by atoms with Gasteiger partial charge in [-0.3, -0.25) is 19.1 Å². The molecule has 1 saturated heterocycles. The third-order valence-electron chi connectivity index (χ3n) is 4.95. The van der Waals surface area contributed by atoms with E-state index in [0.29, 0.717) is 24.4 Å². The molecule has 0 aromatic carbocycles. The molecule has 3 heterocycles. The number of hydrogen-bond acceptors (Lipinski definition) is 7. The second kappa shape index (κ2) is 8.50. The Morgan fingerprint density at radius 2 is 2.00 bits per heavy atom. The predicted molar refractivity (Wildman–Crippen MR) is 105 cm³/mol. The molecule has 0 N–H and O–H groups in total. The quantitative estimate of drug-likeness (QED) is 0.672. The number of esters is 1. The normalized spacial score (nSPS) is 16.1. The van der Waals surface area contributed by atoms with Crippen LogP contribution in [0.2, 0.25) is 0 Å². The van der Waals surface area contributed by atoms with Gasteiger partial charge in [0.2, 0.25) is 0 Å². The molecule has 1 unspecified atom stereocenters. The lowest BCUT2D eigenvalue weighted by molar-refractivity contribution is -0.151. The maximum Gasteiger partial charge on any atom is 0.326 e. The Labute approximate surface area is 162 Å². The van der Waals surface area contributed by atoms with Gasteiger partial charge in [-0.25, -0.2) is 4.98 Å². The first kappa shape index (κ1) is 20.0. The number of nitrogens with zero attached hydrogens (tertiary/aromatic N) is 3. The largest absolute Gasteiger partial charge is 0.459 e. The van der Waals surface area contributed by atoms with Gasteiger partial charge in [-0.05, 0) is 52.3 Å². The summed E-state index contributed by atoms with van der Waals surface area (Å²) in [6.07, 6.45) is 1.95. The number of carbonyl (C=O) groups is 1. The van der Waals surface area contributed by atoms with E-state index in [9.17, 15) is 9.59 Å². The number of likely N-dealkylation sites (tertiary alicyclic amines) is 1. The van der Waals surface area contributed by atoms with Crippen LogP contribution in [0.15, 0.2) is 4.79 Å². The third-order valence-corrected chi connectivity index (χ3v) is 6.05. The zero-order chi connectivity index (χ0) is 19.6. The van der Waals surface area contributed by atoms with E-state index in [0.717, 1.165) is 41.2 Å². The molecule has 0 spiro atoms. The van der Waals surface area contributed by atoms with Crippen molar-refractivity contribution in [3.05, 3.63) is 26.6 Å². The fourth-order valence-corrected chi connectivity index (χ4v) is 4.49. The van der Waals surface area contributed by atoms with Crippen molar-refractivity contribution >= 4 is 27.5 Å². The zero-order valence-corrected chi connectivity index (χ0v) is 17.2. The van der Waals surface area contributed by atoms with Gasteiger partial charge in [0.15, 0.2) is 0 Å². The molecule has 148 valence electrons. The van der Waals surface area contributed by atoms with Crippen LogP contribution in [0.25, 0.3) is 10.2 Å². The molecule has 1 aliphatic rings. The summed E-state index contributed by atoms with van der Waals surface area (Å²) in [6.45, 7) is 8.43. The molecule has 2 aromatic rings. The summed E-state index contributed by atoms with van der Waals surface area (Å²) >= 11 is 1.53. The number of carbonyl (C=O) groups excluding carboxylic acids is 1. The van der Waals surface area contributed by atoms with Crippen molar-refractivity contribution in [2.45, 2.75) is 52.8 Å². The molecule has 7 nitrogen and oxygen atoms in total. The summed E-state index contributed by atoms with van der Waals surface area (Å²) in [5.41, 5.74) is 0.780. The second-order valence-electron chi connectivity index (χ2n) is 7.12. The number of methoxy groups -OCH3 is 1. The molecule has 0 amide bonds. The van der Waals surface area contributed by atoms with Gasteiger partial charge in [-0.2, -0.15) is 0 Å². The fraction of sp³-hybridized carbons (Fsp3) is 0.632. The van der Waals surface area contributed by atoms with Crippen molar-refractivity contribution in [1.29, 1.82) is 0 Å². The minimum Gasteiger partial charge on any atom is -0.459 e. The summed E-state index contributed by atoms with van der Waals surface area (Å²) in [7, 11) is 1.56. The Bertz CT molecular complexity index is 883. The first-order valence-electron chi connectivity index (χ1n) is 9.31. The Kier molecular flexibility index (Phi) is 6.29. The van der Waals surface area contributed by atoms with Crippen LogP contribution in [0.4, 0.5) is 0 Å². The number of aryl methyl sites for hydroxylation is 2. The zero-order valence-electron chi connectivity index (χ0n) is 16.4. The minimum atomic E-state index is -0.449. The van der Waals surface area contributed by atoms with E-state index >= 15 is 0 Å². The number of fused-ring (bicyclic) bond motifs is 1. The SMILES string of the molecule is COCC(C)OC(=O)Cn1c(CN2CCCC2)nc2sc(C)c(C)c2c1=O. The van der Waals surface area contributed by atoms with Crippen LogP contribution < -0.4 is 5.56 Å². The van der Waals surface area contributed by atoms with E-state index in [1.807, 2.05) is 13.8 Å². The van der Waals surface area contributed by atoms with E-state index in [1.165, 1.54) is 15.9 Å². The van der Waals surface area contributed by atoms with Gasteiger partial charge in [0.05, 0.1) is 18.5 Å². The van der Waals surface area contributed by atoms with Gasteiger partial charge in [-0.15, -0.1) is 11.3 Å². The molecule has 1 atom stereocenters. The van der Waals surface area contributed by atoms with E-state index < -0.39 is 5.97 Å². The first-order chi connectivity index (χ1) is 12.9. The van der Waals surface area contributed by atoms with E-state index in [4.69, 9.17) is 14.5 Å². The molecular weight excluding hydrogens is 366 g/mol. The van der Waals surface area contributed by atoms with E-state index in [-0.39, 0.29) is 18.2 Å². The van der Waals surface area contributed by atoms with Gasteiger partial charge >= 0.3 is 5.97 Å². The minimum absolute atomic E-state index is 0.132. The van der Waals surface area contributed by atoms with Crippen LogP contribution in [-0.2, 0) is 27.4 Å². The average Bonchev–Trinajstić information content (AvgIpc) is 3.20. The molecule has 0 saturated carbocycles. The Morgan fingerprint density at radius 3 is 2.67 bits per heavy atom. The first-order valence-corrected chi connectivity index (χ1v) is 10.1. The number of ether oxygens (including phenoxy) is 2. The van der Waals surface area contributed by atoms with Crippen molar-refractivity contribution in [3.8, 4) is 0 Å². The summed E-state index contributed by atoms with van der Waals surface area (Å²) in [5, 5.41) is 0.611. The summed E-state index contributed by atoms with van der Waals surface area (Å²) in [5.74, 6) is 0.182. The van der Waals surface area contributed by atoms with Crippen molar-refractivity contribution in [2.75, 3.05) is 26.8 Å². The highest BCUT2D eigenvalue weighted by molar-refractivity contribution is 7.18. The molecule has 0 bridgehead atoms. The predicted octanol–water partition coefficient (Wildman–Crippen LogP) is 2.25. The van der Waals surface area contributed by atoms with Crippen molar-refractivity contribution in [3.63, 3.8) is 0 Å². The van der Waals surface area contributed by atoms with Crippen LogP contribution in [0.3, 0.4) is 0 Å². The number of hydrogen-bond donors (Lipinski definition) is 0. The van der Waals surface area contributed by atoms with Crippen LogP contribution in [0.1, 0.15) is 36.0 Å². The lowest BCUT2D eigenvalue weighted by Gasteiger charge is -2.19. The Hall–Kier alpha value is -1.77. The standard InChI is InChI=1S/C19H27N3O4S/c1-12(11-25-4)26-16(23)10-22-15(9-21-7-5-6-8-21)20-18-17(19(22)24)13(2)14(3)27-18/h12H,5-11H2,1-4H3. The average molecular weight is 394 g/mol. The van der Waals surface area contributed by atoms with Gasteiger partial charge in [-0.1, -0.05) is 0 Å². The van der Waals surface area contributed by atoms with Crippen molar-refractivity contribution < 1.29 is 14.3 Å². The fourth-order valence-electron chi connectivity index (χ4n) is 3.45. The molecule has 1 aliphatic heterocycles. The molecule has 1 fully saturated rings. The summed E-state index contributed by atoms with van der Waals surface area (Å²) in [6, 6.07) is 0. The Balaban J connectivity index is 1.96. The molecule has 3 rings (SSSR count). The van der Waals surface area contributed by atoms with Gasteiger partial charge in [0.25, 0.3) is 5.56 Å². The van der Waals surface area contributed by atoms with Crippen LogP contribution in [0, 0.1) is 13.8 Å². The van der Waals surface area contributed by atoms with Crippen LogP contribution >= 0.6 is 11.3 Å². The molecule has 0 radical (unpaired) electrons. The molecule has 8 heteroatoms. The number of thiophene rings is 1. The van der Waals surface area contributed by atoms with E-state index in [2.05, 4.69) is 4.90 Å². The second-order valence-corrected chi connectivity index (χ2v) is 8.32. The van der Waals surface area contributed by atoms with Crippen LogP contribution in [-0.4, -0.2) is 53.3 Å². The third kappa shape index (κ3) is 4.39.